The molecule has 0 bridgehead atoms. The van der Waals surface area contributed by atoms with Crippen LogP contribution in [0.25, 0.3) is 10.8 Å². The second-order valence-electron chi connectivity index (χ2n) is 6.94. The molecule has 4 aromatic rings. The van der Waals surface area contributed by atoms with Gasteiger partial charge in [-0.1, -0.05) is 42.5 Å². The molecule has 146 valence electrons. The topological polar surface area (TPSA) is 77.5 Å². The number of carbonyl (C=O) groups excluding carboxylic acids is 2. The Bertz CT molecular complexity index is 1470. The lowest BCUT2D eigenvalue weighted by atomic mass is 10.0. The number of hydrogen-bond donors (Lipinski definition) is 0. The van der Waals surface area contributed by atoms with Gasteiger partial charge in [0.05, 0.1) is 15.4 Å². The molecule has 4 aromatic carbocycles. The van der Waals surface area contributed by atoms with Crippen molar-refractivity contribution in [2.75, 3.05) is 0 Å². The van der Waals surface area contributed by atoms with E-state index in [1.54, 1.807) is 24.3 Å². The molecule has 0 amide bonds. The van der Waals surface area contributed by atoms with Crippen molar-refractivity contribution in [2.24, 2.45) is 0 Å². The van der Waals surface area contributed by atoms with E-state index in [4.69, 9.17) is 4.74 Å². The number of ketones is 1. The number of ether oxygens (including phenoxy) is 1. The van der Waals surface area contributed by atoms with Gasteiger partial charge in [0.2, 0.25) is 9.84 Å². The van der Waals surface area contributed by atoms with Crippen molar-refractivity contribution in [3.05, 3.63) is 102 Å². The van der Waals surface area contributed by atoms with Crippen molar-refractivity contribution in [2.45, 2.75) is 9.79 Å². The summed E-state index contributed by atoms with van der Waals surface area (Å²) in [6.45, 7) is 0. The first-order valence-electron chi connectivity index (χ1n) is 9.19. The molecule has 0 saturated carbocycles. The molecule has 0 fully saturated rings. The molecule has 5 rings (SSSR count). The molecule has 0 radical (unpaired) electrons. The average Bonchev–Trinajstić information content (AvgIpc) is 2.77. The fourth-order valence-corrected chi connectivity index (χ4v) is 5.29. The van der Waals surface area contributed by atoms with Crippen LogP contribution in [0.15, 0.2) is 94.7 Å². The lowest BCUT2D eigenvalue weighted by Gasteiger charge is -2.19. The van der Waals surface area contributed by atoms with Crippen LogP contribution in [0.2, 0.25) is 0 Å². The molecule has 0 atom stereocenters. The summed E-state index contributed by atoms with van der Waals surface area (Å²) in [7, 11) is -3.92. The highest BCUT2D eigenvalue weighted by Gasteiger charge is 2.35. The normalized spacial score (nSPS) is 14.1. The van der Waals surface area contributed by atoms with E-state index in [9.17, 15) is 18.0 Å². The first kappa shape index (κ1) is 18.3. The van der Waals surface area contributed by atoms with Crippen LogP contribution in [-0.2, 0) is 9.84 Å². The maximum absolute atomic E-state index is 13.0. The van der Waals surface area contributed by atoms with Gasteiger partial charge >= 0.3 is 5.97 Å². The monoisotopic (exact) mass is 414 g/mol. The lowest BCUT2D eigenvalue weighted by molar-refractivity contribution is 0.0734. The first-order valence-corrected chi connectivity index (χ1v) is 10.7. The molecule has 1 aliphatic rings. The minimum absolute atomic E-state index is 0.0518. The molecular weight excluding hydrogens is 400 g/mol. The van der Waals surface area contributed by atoms with Crippen LogP contribution in [-0.4, -0.2) is 20.2 Å². The van der Waals surface area contributed by atoms with Crippen LogP contribution in [0.1, 0.15) is 26.3 Å². The predicted molar refractivity (Wildman–Crippen MR) is 111 cm³/mol. The van der Waals surface area contributed by atoms with Crippen LogP contribution in [0, 0.1) is 0 Å². The summed E-state index contributed by atoms with van der Waals surface area (Å²) in [6, 6.07) is 22.9. The van der Waals surface area contributed by atoms with E-state index in [1.165, 1.54) is 30.3 Å². The Labute approximate surface area is 172 Å². The van der Waals surface area contributed by atoms with E-state index in [0.717, 1.165) is 10.8 Å². The highest BCUT2D eigenvalue weighted by atomic mass is 32.2. The van der Waals surface area contributed by atoms with Gasteiger partial charge in [0.25, 0.3) is 0 Å². The van der Waals surface area contributed by atoms with Gasteiger partial charge in [-0.15, -0.1) is 0 Å². The third-order valence-corrected chi connectivity index (χ3v) is 6.96. The quantitative estimate of drug-likeness (QED) is 0.315. The maximum Gasteiger partial charge on any atom is 0.343 e. The Hall–Kier alpha value is -3.77. The summed E-state index contributed by atoms with van der Waals surface area (Å²) in [6.07, 6.45) is 0. The summed E-state index contributed by atoms with van der Waals surface area (Å²) >= 11 is 0. The standard InChI is InChI=1S/C24H14O5S/c25-23-19-7-3-4-8-21(19)30(27,28)22-14-17(10-12-20(22)23)24(26)29-18-11-9-15-5-1-2-6-16(15)13-18/h1-14H. The zero-order chi connectivity index (χ0) is 20.9. The molecule has 0 N–H and O–H groups in total. The van der Waals surface area contributed by atoms with E-state index in [1.807, 2.05) is 30.3 Å². The summed E-state index contributed by atoms with van der Waals surface area (Å²) in [5, 5.41) is 1.92. The van der Waals surface area contributed by atoms with Gasteiger partial charge in [0.1, 0.15) is 5.75 Å². The summed E-state index contributed by atoms with van der Waals surface area (Å²) in [4.78, 5) is 25.1. The summed E-state index contributed by atoms with van der Waals surface area (Å²) < 4.78 is 31.5. The van der Waals surface area contributed by atoms with E-state index in [-0.39, 0.29) is 32.3 Å². The Morgan fingerprint density at radius 2 is 1.40 bits per heavy atom. The number of rotatable bonds is 2. The van der Waals surface area contributed by atoms with Crippen LogP contribution in [0.5, 0.6) is 5.75 Å². The number of esters is 1. The van der Waals surface area contributed by atoms with Crippen molar-refractivity contribution < 1.29 is 22.7 Å². The number of fused-ring (bicyclic) bond motifs is 3. The molecule has 1 heterocycles. The average molecular weight is 414 g/mol. The minimum atomic E-state index is -3.92. The van der Waals surface area contributed by atoms with E-state index in [2.05, 4.69) is 0 Å². The van der Waals surface area contributed by atoms with Gasteiger partial charge < -0.3 is 4.74 Å². The first-order chi connectivity index (χ1) is 14.4. The van der Waals surface area contributed by atoms with E-state index >= 15 is 0 Å². The SMILES string of the molecule is O=C(Oc1ccc2ccccc2c1)c1ccc2c(c1)S(=O)(=O)c1ccccc1C2=O. The zero-order valence-corrected chi connectivity index (χ0v) is 16.3. The van der Waals surface area contributed by atoms with Crippen molar-refractivity contribution in [1.82, 2.24) is 0 Å². The Morgan fingerprint density at radius 3 is 2.23 bits per heavy atom. The molecule has 0 saturated heterocycles. The smallest absolute Gasteiger partial charge is 0.343 e. The van der Waals surface area contributed by atoms with Gasteiger partial charge in [-0.2, -0.15) is 0 Å². The molecule has 0 spiro atoms. The summed E-state index contributed by atoms with van der Waals surface area (Å²) in [5.41, 5.74) is 0.241. The van der Waals surface area contributed by atoms with E-state index in [0.29, 0.717) is 5.75 Å². The van der Waals surface area contributed by atoms with Crippen molar-refractivity contribution in [3.8, 4) is 5.75 Å². The van der Waals surface area contributed by atoms with Crippen LogP contribution >= 0.6 is 0 Å². The molecular formula is C24H14O5S. The molecule has 6 heteroatoms. The third-order valence-electron chi connectivity index (χ3n) is 5.10. The van der Waals surface area contributed by atoms with Gasteiger partial charge in [-0.25, -0.2) is 13.2 Å². The molecule has 30 heavy (non-hydrogen) atoms. The number of hydrogen-bond acceptors (Lipinski definition) is 5. The summed E-state index contributed by atoms with van der Waals surface area (Å²) in [5.74, 6) is -0.736. The van der Waals surface area contributed by atoms with Crippen molar-refractivity contribution in [3.63, 3.8) is 0 Å². The maximum atomic E-state index is 13.0. The van der Waals surface area contributed by atoms with Crippen molar-refractivity contribution >= 4 is 32.4 Å². The number of carbonyl (C=O) groups is 2. The molecule has 1 aliphatic heterocycles. The zero-order valence-electron chi connectivity index (χ0n) is 15.5. The lowest BCUT2D eigenvalue weighted by Crippen LogP contribution is -2.21. The van der Waals surface area contributed by atoms with Gasteiger partial charge in [-0.05, 0) is 53.2 Å². The largest absolute Gasteiger partial charge is 0.423 e. The van der Waals surface area contributed by atoms with Gasteiger partial charge in [-0.3, -0.25) is 4.79 Å². The van der Waals surface area contributed by atoms with Crippen molar-refractivity contribution in [1.29, 1.82) is 0 Å². The molecule has 0 unspecified atom stereocenters. The predicted octanol–water partition coefficient (Wildman–Crippen LogP) is 4.44. The second-order valence-corrected chi connectivity index (χ2v) is 8.82. The number of sulfone groups is 1. The Kier molecular flexibility index (Phi) is 4.04. The highest BCUT2D eigenvalue weighted by molar-refractivity contribution is 7.91. The van der Waals surface area contributed by atoms with Crippen LogP contribution in [0.3, 0.4) is 0 Å². The second kappa shape index (κ2) is 6.64. The minimum Gasteiger partial charge on any atom is -0.423 e. The van der Waals surface area contributed by atoms with Gasteiger partial charge in [0, 0.05) is 11.1 Å². The molecule has 0 aliphatic carbocycles. The highest BCUT2D eigenvalue weighted by Crippen LogP contribution is 2.35. The van der Waals surface area contributed by atoms with Gasteiger partial charge in [0.15, 0.2) is 5.78 Å². The molecule has 5 nitrogen and oxygen atoms in total. The van der Waals surface area contributed by atoms with E-state index < -0.39 is 15.8 Å². The Balaban J connectivity index is 1.53. The third kappa shape index (κ3) is 2.81. The fourth-order valence-electron chi connectivity index (χ4n) is 3.61. The number of benzene rings is 4. The fraction of sp³-hybridized carbons (Fsp3) is 0. The molecule has 0 aromatic heterocycles. The van der Waals surface area contributed by atoms with Crippen LogP contribution < -0.4 is 4.74 Å². The van der Waals surface area contributed by atoms with Crippen LogP contribution in [0.4, 0.5) is 0 Å². The Morgan fingerprint density at radius 1 is 0.700 bits per heavy atom.